The van der Waals surface area contributed by atoms with Crippen LogP contribution in [0, 0.1) is 20.8 Å². The fourth-order valence-corrected chi connectivity index (χ4v) is 3.19. The first-order valence-electron chi connectivity index (χ1n) is 8.82. The maximum Gasteiger partial charge on any atom is 0.277 e. The summed E-state index contributed by atoms with van der Waals surface area (Å²) in [4.78, 5) is 24.0. The van der Waals surface area contributed by atoms with E-state index in [0.717, 1.165) is 26.9 Å². The van der Waals surface area contributed by atoms with Crippen LogP contribution in [-0.2, 0) is 9.59 Å². The highest BCUT2D eigenvalue weighted by Crippen LogP contribution is 2.25. The Morgan fingerprint density at radius 1 is 1.00 bits per heavy atom. The second kappa shape index (κ2) is 10.0. The highest BCUT2D eigenvalue weighted by Gasteiger charge is 2.08. The average Bonchev–Trinajstić information content (AvgIpc) is 2.58. The molecule has 0 aromatic heterocycles. The van der Waals surface area contributed by atoms with Crippen molar-refractivity contribution in [2.45, 2.75) is 34.1 Å². The first-order valence-corrected chi connectivity index (χ1v) is 9.61. The van der Waals surface area contributed by atoms with Crippen molar-refractivity contribution >= 4 is 39.1 Å². The van der Waals surface area contributed by atoms with Crippen molar-refractivity contribution in [1.29, 1.82) is 0 Å². The molecule has 0 radical (unpaired) electrons. The Labute approximate surface area is 173 Å². The van der Waals surface area contributed by atoms with E-state index in [1.54, 1.807) is 13.0 Å². The van der Waals surface area contributed by atoms with E-state index in [1.165, 1.54) is 0 Å². The van der Waals surface area contributed by atoms with E-state index in [-0.39, 0.29) is 18.9 Å². The number of hydrogen-bond donors (Lipinski definition) is 2. The number of ether oxygens (including phenoxy) is 1. The van der Waals surface area contributed by atoms with Gasteiger partial charge in [-0.15, -0.1) is 0 Å². The van der Waals surface area contributed by atoms with Gasteiger partial charge in [0.1, 0.15) is 5.75 Å². The van der Waals surface area contributed by atoms with Crippen LogP contribution in [0.4, 0.5) is 5.69 Å². The van der Waals surface area contributed by atoms with Crippen molar-refractivity contribution in [2.75, 3.05) is 11.9 Å². The molecule has 0 aliphatic heterocycles. The highest BCUT2D eigenvalue weighted by atomic mass is 79.9. The van der Waals surface area contributed by atoms with Gasteiger partial charge in [-0.3, -0.25) is 9.59 Å². The minimum absolute atomic E-state index is 0.0810. The lowest BCUT2D eigenvalue weighted by atomic mass is 10.1. The number of anilines is 1. The zero-order valence-electron chi connectivity index (χ0n) is 16.4. The molecular weight excluding hydrogens is 422 g/mol. The summed E-state index contributed by atoms with van der Waals surface area (Å²) in [5, 5.41) is 6.79. The van der Waals surface area contributed by atoms with Crippen LogP contribution in [0.5, 0.6) is 5.75 Å². The van der Waals surface area contributed by atoms with E-state index >= 15 is 0 Å². The molecule has 0 atom stereocenters. The fourth-order valence-electron chi connectivity index (χ4n) is 2.58. The van der Waals surface area contributed by atoms with Crippen LogP contribution in [0.15, 0.2) is 46.0 Å². The standard InChI is InChI=1S/C21H24BrN3O3/c1-13-5-6-19(18(22)10-13)28-12-21(27)25-24-16(4)11-20(26)23-17-8-14(2)7-15(3)9-17/h5-10H,11-12H2,1-4H3,(H,23,26)(H,25,27). The third-order valence-electron chi connectivity index (χ3n) is 3.74. The Morgan fingerprint density at radius 2 is 1.68 bits per heavy atom. The van der Waals surface area contributed by atoms with Gasteiger partial charge in [-0.05, 0) is 84.6 Å². The van der Waals surface area contributed by atoms with E-state index in [4.69, 9.17) is 4.74 Å². The van der Waals surface area contributed by atoms with Crippen LogP contribution in [0.2, 0.25) is 0 Å². The van der Waals surface area contributed by atoms with Crippen molar-refractivity contribution in [3.05, 3.63) is 57.6 Å². The zero-order valence-corrected chi connectivity index (χ0v) is 18.0. The molecule has 148 valence electrons. The van der Waals surface area contributed by atoms with Gasteiger partial charge in [-0.1, -0.05) is 12.1 Å². The van der Waals surface area contributed by atoms with Gasteiger partial charge in [0.25, 0.3) is 5.91 Å². The summed E-state index contributed by atoms with van der Waals surface area (Å²) < 4.78 is 6.24. The molecule has 0 aliphatic rings. The van der Waals surface area contributed by atoms with E-state index in [0.29, 0.717) is 11.5 Å². The topological polar surface area (TPSA) is 79.8 Å². The predicted octanol–water partition coefficient (Wildman–Crippen LogP) is 4.27. The van der Waals surface area contributed by atoms with Gasteiger partial charge in [0.2, 0.25) is 5.91 Å². The molecule has 2 amide bonds. The Kier molecular flexibility index (Phi) is 7.75. The number of benzene rings is 2. The number of carbonyl (C=O) groups excluding carboxylic acids is 2. The second-order valence-corrected chi connectivity index (χ2v) is 7.56. The lowest BCUT2D eigenvalue weighted by molar-refractivity contribution is -0.123. The van der Waals surface area contributed by atoms with Crippen LogP contribution in [0.25, 0.3) is 0 Å². The smallest absolute Gasteiger partial charge is 0.277 e. The average molecular weight is 446 g/mol. The van der Waals surface area contributed by atoms with Crippen molar-refractivity contribution in [1.82, 2.24) is 5.43 Å². The van der Waals surface area contributed by atoms with E-state index in [9.17, 15) is 9.59 Å². The molecule has 2 aromatic rings. The largest absolute Gasteiger partial charge is 0.483 e. The molecule has 2 N–H and O–H groups in total. The van der Waals surface area contributed by atoms with Crippen LogP contribution in [-0.4, -0.2) is 24.1 Å². The van der Waals surface area contributed by atoms with Crippen molar-refractivity contribution < 1.29 is 14.3 Å². The molecule has 0 heterocycles. The van der Waals surface area contributed by atoms with Crippen LogP contribution in [0.1, 0.15) is 30.0 Å². The Morgan fingerprint density at radius 3 is 2.32 bits per heavy atom. The Balaban J connectivity index is 1.80. The third kappa shape index (κ3) is 7.15. The number of halogens is 1. The lowest BCUT2D eigenvalue weighted by Crippen LogP contribution is -2.26. The van der Waals surface area contributed by atoms with Gasteiger partial charge in [0.05, 0.1) is 10.9 Å². The monoisotopic (exact) mass is 445 g/mol. The minimum Gasteiger partial charge on any atom is -0.483 e. The van der Waals surface area contributed by atoms with Gasteiger partial charge in [0.15, 0.2) is 6.61 Å². The number of amides is 2. The number of hydrogen-bond acceptors (Lipinski definition) is 4. The summed E-state index contributed by atoms with van der Waals surface area (Å²) in [6, 6.07) is 11.4. The molecular formula is C21H24BrN3O3. The number of rotatable bonds is 7. The summed E-state index contributed by atoms with van der Waals surface area (Å²) in [6.07, 6.45) is 0.0810. The molecule has 0 spiro atoms. The third-order valence-corrected chi connectivity index (χ3v) is 4.36. The van der Waals surface area contributed by atoms with Gasteiger partial charge >= 0.3 is 0 Å². The normalized spacial score (nSPS) is 11.1. The Hall–Kier alpha value is -2.67. The molecule has 6 nitrogen and oxygen atoms in total. The molecule has 0 aliphatic carbocycles. The number of carbonyl (C=O) groups is 2. The van der Waals surface area contributed by atoms with Gasteiger partial charge in [0, 0.05) is 11.4 Å². The SMILES string of the molecule is CC(CC(=O)Nc1cc(C)cc(C)c1)=NNC(=O)COc1ccc(C)cc1Br. The number of hydrazone groups is 1. The Bertz CT molecular complexity index is 890. The predicted molar refractivity (Wildman–Crippen MR) is 115 cm³/mol. The van der Waals surface area contributed by atoms with Crippen LogP contribution < -0.4 is 15.5 Å². The summed E-state index contributed by atoms with van der Waals surface area (Å²) in [6.45, 7) is 7.42. The fraction of sp³-hybridized carbons (Fsp3) is 0.286. The molecule has 0 fully saturated rings. The van der Waals surface area contributed by atoms with Gasteiger partial charge in [-0.2, -0.15) is 5.10 Å². The number of nitrogens with zero attached hydrogens (tertiary/aromatic N) is 1. The molecule has 0 saturated heterocycles. The minimum atomic E-state index is -0.401. The molecule has 0 bridgehead atoms. The summed E-state index contributed by atoms with van der Waals surface area (Å²) in [5.41, 5.74) is 6.88. The maximum atomic E-state index is 12.1. The van der Waals surface area contributed by atoms with Crippen molar-refractivity contribution in [3.8, 4) is 5.75 Å². The lowest BCUT2D eigenvalue weighted by Gasteiger charge is -2.09. The van der Waals surface area contributed by atoms with Crippen LogP contribution in [0.3, 0.4) is 0 Å². The molecule has 28 heavy (non-hydrogen) atoms. The van der Waals surface area contributed by atoms with Crippen molar-refractivity contribution in [2.24, 2.45) is 5.10 Å². The van der Waals surface area contributed by atoms with E-state index in [1.807, 2.05) is 51.1 Å². The molecule has 7 heteroatoms. The number of nitrogens with one attached hydrogen (secondary N) is 2. The number of aryl methyl sites for hydroxylation is 3. The van der Waals surface area contributed by atoms with E-state index < -0.39 is 5.91 Å². The second-order valence-electron chi connectivity index (χ2n) is 6.71. The highest BCUT2D eigenvalue weighted by molar-refractivity contribution is 9.10. The summed E-state index contributed by atoms with van der Waals surface area (Å²) in [7, 11) is 0. The van der Waals surface area contributed by atoms with Crippen molar-refractivity contribution in [3.63, 3.8) is 0 Å². The summed E-state index contributed by atoms with van der Waals surface area (Å²) >= 11 is 3.39. The molecule has 2 rings (SSSR count). The maximum absolute atomic E-state index is 12.1. The first kappa shape index (κ1) is 21.6. The zero-order chi connectivity index (χ0) is 20.7. The summed E-state index contributed by atoms with van der Waals surface area (Å²) in [5.74, 6) is -0.0174. The van der Waals surface area contributed by atoms with Gasteiger partial charge in [-0.25, -0.2) is 5.43 Å². The first-order chi connectivity index (χ1) is 13.2. The molecule has 0 saturated carbocycles. The molecule has 0 unspecified atom stereocenters. The quantitative estimate of drug-likeness (QED) is 0.493. The van der Waals surface area contributed by atoms with E-state index in [2.05, 4.69) is 31.8 Å². The van der Waals surface area contributed by atoms with Gasteiger partial charge < -0.3 is 10.1 Å². The molecule has 2 aromatic carbocycles. The van der Waals surface area contributed by atoms with Crippen LogP contribution >= 0.6 is 15.9 Å².